The zero-order valence-corrected chi connectivity index (χ0v) is 23.5. The maximum atomic E-state index is 13.5. The summed E-state index contributed by atoms with van der Waals surface area (Å²) in [5.74, 6) is -3.16. The van der Waals surface area contributed by atoms with Crippen LogP contribution in [0.1, 0.15) is 43.4 Å². The van der Waals surface area contributed by atoms with Crippen LogP contribution in [0.25, 0.3) is 0 Å². The molecule has 0 aliphatic carbocycles. The van der Waals surface area contributed by atoms with E-state index in [2.05, 4.69) is 30.9 Å². The Labute approximate surface area is 244 Å². The number of benzene rings is 1. The van der Waals surface area contributed by atoms with Crippen LogP contribution < -0.4 is 38.9 Å². The normalized spacial score (nSPS) is 13.7. The Kier molecular flexibility index (Phi) is 14.5. The molecule has 1 aromatic carbocycles. The van der Waals surface area contributed by atoms with Gasteiger partial charge in [-0.3, -0.25) is 19.4 Å². The summed E-state index contributed by atoms with van der Waals surface area (Å²) in [6, 6.07) is 4.61. The summed E-state index contributed by atoms with van der Waals surface area (Å²) in [4.78, 5) is 62.3. The summed E-state index contributed by atoms with van der Waals surface area (Å²) in [5, 5.41) is 17.5. The lowest BCUT2D eigenvalue weighted by Crippen LogP contribution is -2.58. The van der Waals surface area contributed by atoms with Crippen molar-refractivity contribution < 1.29 is 24.3 Å². The first-order valence-electron chi connectivity index (χ1n) is 13.8. The molecule has 42 heavy (non-hydrogen) atoms. The van der Waals surface area contributed by atoms with Gasteiger partial charge in [-0.05, 0) is 44.2 Å². The number of amides is 3. The SMILES string of the molecule is NCCCCC(NC(=O)C(Cc1ccccc1)NC(=O)C(Cc1cnc[nH]1)NC(=O)C(N)CCCN=C(N)N)C(=O)O. The van der Waals surface area contributed by atoms with Crippen LogP contribution in [0.4, 0.5) is 0 Å². The van der Waals surface area contributed by atoms with Crippen LogP contribution in [0.3, 0.4) is 0 Å². The molecule has 3 amide bonds. The average Bonchev–Trinajstić information content (AvgIpc) is 3.47. The second-order valence-corrected chi connectivity index (χ2v) is 9.83. The molecule has 15 heteroatoms. The predicted molar refractivity (Wildman–Crippen MR) is 157 cm³/mol. The Morgan fingerprint density at radius 1 is 0.881 bits per heavy atom. The standard InChI is InChI=1S/C27H42N10O5/c28-11-5-4-10-20(26(41)42)35-24(39)21(13-17-7-2-1-3-8-17)37-25(40)22(14-18-15-32-16-34-18)36-23(38)19(29)9-6-12-33-27(30)31/h1-3,7-8,15-16,19-22H,4-6,9-14,28-29H2,(H,32,34)(H,35,39)(H,36,38)(H,37,40)(H,41,42)(H4,30,31,33). The van der Waals surface area contributed by atoms with E-state index in [1.165, 1.54) is 12.5 Å². The Morgan fingerprint density at radius 2 is 1.52 bits per heavy atom. The number of hydrogen-bond acceptors (Lipinski definition) is 8. The van der Waals surface area contributed by atoms with Gasteiger partial charge < -0.3 is 49.0 Å². The number of aliphatic carboxylic acids is 1. The molecule has 0 aliphatic rings. The second kappa shape index (κ2) is 18.0. The van der Waals surface area contributed by atoms with Crippen molar-refractivity contribution in [2.75, 3.05) is 13.1 Å². The quantitative estimate of drug-likeness (QED) is 0.0508. The van der Waals surface area contributed by atoms with E-state index in [1.807, 2.05) is 6.07 Å². The van der Waals surface area contributed by atoms with Gasteiger partial charge in [0.2, 0.25) is 17.7 Å². The molecule has 2 rings (SSSR count). The van der Waals surface area contributed by atoms with Crippen molar-refractivity contribution in [3.8, 4) is 0 Å². The van der Waals surface area contributed by atoms with E-state index in [4.69, 9.17) is 22.9 Å². The molecule has 15 nitrogen and oxygen atoms in total. The highest BCUT2D eigenvalue weighted by atomic mass is 16.4. The Balaban J connectivity index is 2.20. The molecule has 0 bridgehead atoms. The predicted octanol–water partition coefficient (Wildman–Crippen LogP) is -1.76. The largest absolute Gasteiger partial charge is 0.480 e. The molecule has 13 N–H and O–H groups in total. The molecule has 4 atom stereocenters. The van der Waals surface area contributed by atoms with Crippen molar-refractivity contribution >= 4 is 29.7 Å². The third-order valence-electron chi connectivity index (χ3n) is 6.39. The molecular weight excluding hydrogens is 544 g/mol. The lowest BCUT2D eigenvalue weighted by atomic mass is 10.0. The Hall–Kier alpha value is -4.50. The lowest BCUT2D eigenvalue weighted by Gasteiger charge is -2.25. The number of nitrogens with two attached hydrogens (primary N) is 4. The monoisotopic (exact) mass is 586 g/mol. The highest BCUT2D eigenvalue weighted by molar-refractivity contribution is 5.94. The first kappa shape index (κ1) is 33.7. The van der Waals surface area contributed by atoms with Gasteiger partial charge in [-0.1, -0.05) is 30.3 Å². The van der Waals surface area contributed by atoms with E-state index in [9.17, 15) is 24.3 Å². The summed E-state index contributed by atoms with van der Waals surface area (Å²) in [6.45, 7) is 0.692. The minimum atomic E-state index is -1.19. The average molecular weight is 587 g/mol. The zero-order chi connectivity index (χ0) is 30.9. The molecule has 2 aromatic rings. The molecule has 0 spiro atoms. The van der Waals surface area contributed by atoms with Gasteiger partial charge in [0.15, 0.2) is 5.96 Å². The molecule has 0 saturated heterocycles. The number of nitrogens with one attached hydrogen (secondary N) is 4. The van der Waals surface area contributed by atoms with E-state index in [0.29, 0.717) is 38.0 Å². The third-order valence-corrected chi connectivity index (χ3v) is 6.39. The molecule has 0 fully saturated rings. The van der Waals surface area contributed by atoms with Gasteiger partial charge in [0.25, 0.3) is 0 Å². The summed E-state index contributed by atoms with van der Waals surface area (Å²) in [5.41, 5.74) is 23.5. The number of carboxylic acids is 1. The number of imidazole rings is 1. The fourth-order valence-electron chi connectivity index (χ4n) is 4.11. The fraction of sp³-hybridized carbons (Fsp3) is 0.481. The Morgan fingerprint density at radius 3 is 2.12 bits per heavy atom. The molecule has 0 radical (unpaired) electrons. The summed E-state index contributed by atoms with van der Waals surface area (Å²) < 4.78 is 0. The summed E-state index contributed by atoms with van der Waals surface area (Å²) >= 11 is 0. The van der Waals surface area contributed by atoms with Crippen molar-refractivity contribution in [1.29, 1.82) is 0 Å². The van der Waals surface area contributed by atoms with Crippen LogP contribution in [0.5, 0.6) is 0 Å². The van der Waals surface area contributed by atoms with Gasteiger partial charge in [-0.15, -0.1) is 0 Å². The van der Waals surface area contributed by atoms with Gasteiger partial charge in [0, 0.05) is 31.3 Å². The highest BCUT2D eigenvalue weighted by Gasteiger charge is 2.31. The van der Waals surface area contributed by atoms with Gasteiger partial charge in [0.05, 0.1) is 12.4 Å². The van der Waals surface area contributed by atoms with E-state index in [-0.39, 0.29) is 31.6 Å². The van der Waals surface area contributed by atoms with Crippen LogP contribution >= 0.6 is 0 Å². The van der Waals surface area contributed by atoms with E-state index in [0.717, 1.165) is 5.56 Å². The number of hydrogen-bond donors (Lipinski definition) is 9. The van der Waals surface area contributed by atoms with E-state index < -0.39 is 47.9 Å². The van der Waals surface area contributed by atoms with Crippen LogP contribution in [0.2, 0.25) is 0 Å². The van der Waals surface area contributed by atoms with Crippen LogP contribution in [-0.4, -0.2) is 82.0 Å². The number of aromatic amines is 1. The number of unbranched alkanes of at least 4 members (excludes halogenated alkanes) is 1. The highest BCUT2D eigenvalue weighted by Crippen LogP contribution is 2.08. The van der Waals surface area contributed by atoms with Crippen LogP contribution in [0, 0.1) is 0 Å². The number of guanidine groups is 1. The van der Waals surface area contributed by atoms with Crippen LogP contribution in [0.15, 0.2) is 47.8 Å². The number of carboxylic acid groups (broad SMARTS) is 1. The fourth-order valence-corrected chi connectivity index (χ4v) is 4.11. The van der Waals surface area contributed by atoms with Gasteiger partial charge in [-0.25, -0.2) is 9.78 Å². The minimum Gasteiger partial charge on any atom is -0.480 e. The first-order chi connectivity index (χ1) is 20.1. The molecule has 0 aliphatic heterocycles. The van der Waals surface area contributed by atoms with Crippen molar-refractivity contribution in [3.63, 3.8) is 0 Å². The maximum absolute atomic E-state index is 13.5. The number of nitrogens with zero attached hydrogens (tertiary/aromatic N) is 2. The zero-order valence-electron chi connectivity index (χ0n) is 23.5. The van der Waals surface area contributed by atoms with Gasteiger partial charge in [0.1, 0.15) is 18.1 Å². The number of carbonyl (C=O) groups is 4. The van der Waals surface area contributed by atoms with E-state index in [1.54, 1.807) is 24.3 Å². The van der Waals surface area contributed by atoms with E-state index >= 15 is 0 Å². The molecule has 1 heterocycles. The van der Waals surface area contributed by atoms with Gasteiger partial charge in [-0.2, -0.15) is 0 Å². The Bertz CT molecular complexity index is 1160. The van der Waals surface area contributed by atoms with Crippen LogP contribution in [-0.2, 0) is 32.0 Å². The number of aliphatic imine (C=N–C) groups is 1. The molecule has 4 unspecified atom stereocenters. The number of carbonyl (C=O) groups excluding carboxylic acids is 3. The molecule has 0 saturated carbocycles. The number of rotatable bonds is 19. The summed E-state index contributed by atoms with van der Waals surface area (Å²) in [7, 11) is 0. The summed E-state index contributed by atoms with van der Waals surface area (Å²) in [6.07, 6.45) is 5.07. The second-order valence-electron chi connectivity index (χ2n) is 9.83. The van der Waals surface area contributed by atoms with Crippen molar-refractivity contribution in [1.82, 2.24) is 25.9 Å². The first-order valence-corrected chi connectivity index (χ1v) is 13.8. The topological polar surface area (TPSA) is 270 Å². The number of aromatic nitrogens is 2. The smallest absolute Gasteiger partial charge is 0.326 e. The van der Waals surface area contributed by atoms with Crippen molar-refractivity contribution in [2.45, 2.75) is 69.1 Å². The maximum Gasteiger partial charge on any atom is 0.326 e. The van der Waals surface area contributed by atoms with Crippen molar-refractivity contribution in [2.24, 2.45) is 27.9 Å². The number of H-pyrrole nitrogens is 1. The van der Waals surface area contributed by atoms with Crippen molar-refractivity contribution in [3.05, 3.63) is 54.1 Å². The molecular formula is C27H42N10O5. The third kappa shape index (κ3) is 12.3. The minimum absolute atomic E-state index is 0.0365. The lowest BCUT2D eigenvalue weighted by molar-refractivity contribution is -0.142. The molecule has 230 valence electrons. The molecule has 1 aromatic heterocycles. The van der Waals surface area contributed by atoms with Gasteiger partial charge >= 0.3 is 5.97 Å².